The van der Waals surface area contributed by atoms with Crippen molar-refractivity contribution in [2.24, 2.45) is 0 Å². The van der Waals surface area contributed by atoms with Gasteiger partial charge in [0.2, 0.25) is 0 Å². The van der Waals surface area contributed by atoms with Crippen molar-refractivity contribution in [1.29, 1.82) is 0 Å². The van der Waals surface area contributed by atoms with Gasteiger partial charge in [0.05, 0.1) is 23.1 Å². The SMILES string of the molecule is FC(F)(F)Cn1c(-c2ccccc2)cnc1SCc1cscn1. The van der Waals surface area contributed by atoms with Crippen LogP contribution in [0.4, 0.5) is 13.2 Å². The number of rotatable bonds is 5. The molecular weight excluding hydrogens is 343 g/mol. The maximum Gasteiger partial charge on any atom is 0.406 e. The standard InChI is InChI=1S/C15H12F3N3S2/c16-15(17,18)9-21-13(11-4-2-1-3-5-11)6-19-14(21)23-8-12-7-22-10-20-12/h1-7,10H,8-9H2. The molecule has 23 heavy (non-hydrogen) atoms. The summed E-state index contributed by atoms with van der Waals surface area (Å²) < 4.78 is 40.0. The second kappa shape index (κ2) is 6.76. The van der Waals surface area contributed by atoms with Gasteiger partial charge in [-0.15, -0.1) is 11.3 Å². The molecule has 0 saturated heterocycles. The molecule has 3 nitrogen and oxygen atoms in total. The maximum atomic E-state index is 12.9. The van der Waals surface area contributed by atoms with E-state index in [4.69, 9.17) is 0 Å². The van der Waals surface area contributed by atoms with E-state index < -0.39 is 12.7 Å². The van der Waals surface area contributed by atoms with Crippen LogP contribution in [-0.4, -0.2) is 20.7 Å². The van der Waals surface area contributed by atoms with Gasteiger partial charge in [0.25, 0.3) is 0 Å². The third-order valence-electron chi connectivity index (χ3n) is 3.06. The summed E-state index contributed by atoms with van der Waals surface area (Å²) in [6.45, 7) is -1.06. The Hall–Kier alpha value is -1.80. The first kappa shape index (κ1) is 16.1. The number of nitrogens with zero attached hydrogens (tertiary/aromatic N) is 3. The van der Waals surface area contributed by atoms with Crippen LogP contribution in [0.2, 0.25) is 0 Å². The number of aromatic nitrogens is 3. The van der Waals surface area contributed by atoms with Crippen molar-refractivity contribution in [3.63, 3.8) is 0 Å². The minimum absolute atomic E-state index is 0.342. The molecule has 0 unspecified atom stereocenters. The molecule has 3 aromatic rings. The minimum Gasteiger partial charge on any atom is -0.310 e. The molecule has 2 aromatic heterocycles. The number of hydrogen-bond donors (Lipinski definition) is 0. The quantitative estimate of drug-likeness (QED) is 0.612. The van der Waals surface area contributed by atoms with Crippen molar-refractivity contribution in [3.05, 3.63) is 53.1 Å². The molecule has 2 heterocycles. The molecule has 0 spiro atoms. The van der Waals surface area contributed by atoms with Crippen molar-refractivity contribution in [2.75, 3.05) is 0 Å². The van der Waals surface area contributed by atoms with E-state index in [1.54, 1.807) is 29.8 Å². The van der Waals surface area contributed by atoms with Gasteiger partial charge in [0.15, 0.2) is 5.16 Å². The van der Waals surface area contributed by atoms with E-state index >= 15 is 0 Å². The van der Waals surface area contributed by atoms with Gasteiger partial charge >= 0.3 is 6.18 Å². The van der Waals surface area contributed by atoms with Crippen LogP contribution in [0.1, 0.15) is 5.69 Å². The molecular formula is C15H12F3N3S2. The minimum atomic E-state index is -4.31. The van der Waals surface area contributed by atoms with Gasteiger partial charge in [0.1, 0.15) is 6.54 Å². The number of thioether (sulfide) groups is 1. The van der Waals surface area contributed by atoms with E-state index in [-0.39, 0.29) is 0 Å². The van der Waals surface area contributed by atoms with E-state index in [0.717, 1.165) is 5.69 Å². The predicted molar refractivity (Wildman–Crippen MR) is 85.4 cm³/mol. The van der Waals surface area contributed by atoms with Gasteiger partial charge in [-0.1, -0.05) is 42.1 Å². The van der Waals surface area contributed by atoms with Crippen molar-refractivity contribution in [3.8, 4) is 11.3 Å². The van der Waals surface area contributed by atoms with Crippen LogP contribution < -0.4 is 0 Å². The number of hydrogen-bond acceptors (Lipinski definition) is 4. The van der Waals surface area contributed by atoms with Crippen LogP contribution in [0, 0.1) is 0 Å². The zero-order valence-electron chi connectivity index (χ0n) is 11.8. The molecule has 1 aromatic carbocycles. The molecule has 0 bridgehead atoms. The molecule has 0 aliphatic carbocycles. The van der Waals surface area contributed by atoms with E-state index in [0.29, 0.717) is 22.2 Å². The van der Waals surface area contributed by atoms with Crippen LogP contribution in [0.3, 0.4) is 0 Å². The Kier molecular flexibility index (Phi) is 4.72. The van der Waals surface area contributed by atoms with Crippen LogP contribution >= 0.6 is 23.1 Å². The number of halogens is 3. The monoisotopic (exact) mass is 355 g/mol. The van der Waals surface area contributed by atoms with Crippen LogP contribution in [-0.2, 0) is 12.3 Å². The first-order chi connectivity index (χ1) is 11.0. The molecule has 0 aliphatic heterocycles. The van der Waals surface area contributed by atoms with Gasteiger partial charge in [-0.05, 0) is 5.56 Å². The summed E-state index contributed by atoms with van der Waals surface area (Å²) in [6.07, 6.45) is -2.81. The smallest absolute Gasteiger partial charge is 0.310 e. The van der Waals surface area contributed by atoms with E-state index in [9.17, 15) is 13.2 Å². The lowest BCUT2D eigenvalue weighted by Gasteiger charge is -2.14. The number of imidazole rings is 1. The maximum absolute atomic E-state index is 12.9. The summed E-state index contributed by atoms with van der Waals surface area (Å²) in [7, 11) is 0. The Bertz CT molecular complexity index is 752. The van der Waals surface area contributed by atoms with Gasteiger partial charge < -0.3 is 4.57 Å². The normalized spacial score (nSPS) is 11.8. The number of benzene rings is 1. The highest BCUT2D eigenvalue weighted by molar-refractivity contribution is 7.98. The van der Waals surface area contributed by atoms with Crippen LogP contribution in [0.25, 0.3) is 11.3 Å². The van der Waals surface area contributed by atoms with Gasteiger partial charge in [-0.2, -0.15) is 13.2 Å². The Morgan fingerprint density at radius 3 is 2.57 bits per heavy atom. The van der Waals surface area contributed by atoms with Gasteiger partial charge in [-0.3, -0.25) is 0 Å². The van der Waals surface area contributed by atoms with E-state index in [2.05, 4.69) is 9.97 Å². The molecule has 8 heteroatoms. The second-order valence-corrected chi connectivity index (χ2v) is 6.42. The summed E-state index contributed by atoms with van der Waals surface area (Å²) in [6, 6.07) is 8.97. The summed E-state index contributed by atoms with van der Waals surface area (Å²) >= 11 is 2.72. The molecule has 120 valence electrons. The van der Waals surface area contributed by atoms with Crippen molar-refractivity contribution in [2.45, 2.75) is 23.6 Å². The number of thiazole rings is 1. The second-order valence-electron chi connectivity index (χ2n) is 4.76. The predicted octanol–water partition coefficient (Wildman–Crippen LogP) is 4.86. The molecule has 0 fully saturated rings. The molecule has 0 aliphatic rings. The fourth-order valence-corrected chi connectivity index (χ4v) is 3.64. The van der Waals surface area contributed by atoms with Crippen LogP contribution in [0.15, 0.2) is 52.6 Å². The molecule has 0 radical (unpaired) electrons. The Morgan fingerprint density at radius 2 is 1.91 bits per heavy atom. The van der Waals surface area contributed by atoms with E-state index in [1.165, 1.54) is 33.9 Å². The van der Waals surface area contributed by atoms with E-state index in [1.807, 2.05) is 11.4 Å². The Balaban J connectivity index is 1.91. The molecule has 0 saturated carbocycles. The Labute approximate surface area is 139 Å². The molecule has 0 amide bonds. The van der Waals surface area contributed by atoms with Crippen molar-refractivity contribution >= 4 is 23.1 Å². The zero-order chi connectivity index (χ0) is 16.3. The summed E-state index contributed by atoms with van der Waals surface area (Å²) in [5.74, 6) is 0.493. The molecule has 0 atom stereocenters. The summed E-state index contributed by atoms with van der Waals surface area (Å²) in [5, 5.41) is 2.22. The lowest BCUT2D eigenvalue weighted by Crippen LogP contribution is -2.19. The van der Waals surface area contributed by atoms with Crippen molar-refractivity contribution in [1.82, 2.24) is 14.5 Å². The average Bonchev–Trinajstić information content (AvgIpc) is 3.14. The van der Waals surface area contributed by atoms with Crippen LogP contribution in [0.5, 0.6) is 0 Å². The van der Waals surface area contributed by atoms with Gasteiger partial charge in [0, 0.05) is 11.1 Å². The summed E-state index contributed by atoms with van der Waals surface area (Å²) in [5.41, 5.74) is 3.71. The largest absolute Gasteiger partial charge is 0.406 e. The number of alkyl halides is 3. The molecule has 3 rings (SSSR count). The van der Waals surface area contributed by atoms with Gasteiger partial charge in [-0.25, -0.2) is 9.97 Å². The van der Waals surface area contributed by atoms with Crippen molar-refractivity contribution < 1.29 is 13.2 Å². The third kappa shape index (κ3) is 4.14. The first-order valence-corrected chi connectivity index (χ1v) is 8.63. The topological polar surface area (TPSA) is 30.7 Å². The first-order valence-electron chi connectivity index (χ1n) is 6.70. The fraction of sp³-hybridized carbons (Fsp3) is 0.200. The highest BCUT2D eigenvalue weighted by Crippen LogP contribution is 2.31. The lowest BCUT2D eigenvalue weighted by molar-refractivity contribution is -0.141. The molecule has 0 N–H and O–H groups in total. The zero-order valence-corrected chi connectivity index (χ0v) is 13.5. The Morgan fingerprint density at radius 1 is 1.13 bits per heavy atom. The highest BCUT2D eigenvalue weighted by Gasteiger charge is 2.30. The fourth-order valence-electron chi connectivity index (χ4n) is 2.09. The third-order valence-corrected chi connectivity index (χ3v) is 4.72. The lowest BCUT2D eigenvalue weighted by atomic mass is 10.2. The highest BCUT2D eigenvalue weighted by atomic mass is 32.2. The average molecular weight is 355 g/mol. The summed E-state index contributed by atoms with van der Waals surface area (Å²) in [4.78, 5) is 8.32.